The average molecular weight is 252 g/mol. The number of likely N-dealkylation sites (tertiary alicyclic amines) is 1. The van der Waals surface area contributed by atoms with Crippen molar-refractivity contribution in [2.24, 2.45) is 11.8 Å². The van der Waals surface area contributed by atoms with Crippen molar-refractivity contribution in [3.8, 4) is 0 Å². The van der Waals surface area contributed by atoms with Crippen molar-refractivity contribution in [3.63, 3.8) is 0 Å². The smallest absolute Gasteiger partial charge is 0.321 e. The van der Waals surface area contributed by atoms with Crippen molar-refractivity contribution in [1.82, 2.24) is 9.88 Å². The Balaban J connectivity index is 1.77. The number of carbonyl (C=O) groups is 1. The van der Waals surface area contributed by atoms with Gasteiger partial charge in [0, 0.05) is 18.1 Å². The summed E-state index contributed by atoms with van der Waals surface area (Å²) in [5.41, 5.74) is 0. The molecule has 1 aliphatic carbocycles. The molecule has 1 saturated heterocycles. The van der Waals surface area contributed by atoms with Crippen LogP contribution in [0.5, 0.6) is 0 Å². The first-order valence-corrected chi connectivity index (χ1v) is 6.99. The van der Waals surface area contributed by atoms with Gasteiger partial charge in [0.2, 0.25) is 0 Å². The number of rotatable bonds is 3. The fourth-order valence-corrected chi connectivity index (χ4v) is 4.04. The Bertz CT molecular complexity index is 407. The topological polar surface area (TPSA) is 53.4 Å². The molecule has 1 aromatic heterocycles. The predicted octanol–water partition coefficient (Wildman–Crippen LogP) is 1.83. The lowest BCUT2D eigenvalue weighted by Gasteiger charge is -2.22. The fraction of sp³-hybridized carbons (Fsp3) is 0.667. The van der Waals surface area contributed by atoms with Gasteiger partial charge in [-0.25, -0.2) is 4.98 Å². The molecule has 0 spiro atoms. The van der Waals surface area contributed by atoms with Crippen LogP contribution in [0.25, 0.3) is 0 Å². The van der Waals surface area contributed by atoms with Crippen LogP contribution in [-0.2, 0) is 11.3 Å². The van der Waals surface area contributed by atoms with Crippen LogP contribution in [0.3, 0.4) is 0 Å². The van der Waals surface area contributed by atoms with E-state index in [0.29, 0.717) is 18.4 Å². The molecule has 2 aliphatic rings. The predicted molar refractivity (Wildman–Crippen MR) is 64.8 cm³/mol. The van der Waals surface area contributed by atoms with Crippen molar-refractivity contribution in [2.75, 3.05) is 6.54 Å². The first-order valence-electron chi connectivity index (χ1n) is 6.11. The molecule has 0 aromatic carbocycles. The summed E-state index contributed by atoms with van der Waals surface area (Å²) < 4.78 is 0. The number of carboxylic acid groups (broad SMARTS) is 1. The van der Waals surface area contributed by atoms with Gasteiger partial charge in [-0.05, 0) is 24.7 Å². The van der Waals surface area contributed by atoms with E-state index in [1.165, 1.54) is 12.8 Å². The van der Waals surface area contributed by atoms with Gasteiger partial charge < -0.3 is 5.11 Å². The molecule has 0 amide bonds. The van der Waals surface area contributed by atoms with E-state index < -0.39 is 5.97 Å². The Morgan fingerprint density at radius 3 is 3.18 bits per heavy atom. The summed E-state index contributed by atoms with van der Waals surface area (Å²) in [6.07, 6.45) is 5.26. The molecular weight excluding hydrogens is 236 g/mol. The molecule has 3 atom stereocenters. The van der Waals surface area contributed by atoms with Gasteiger partial charge in [0.25, 0.3) is 0 Å². The van der Waals surface area contributed by atoms with Crippen LogP contribution < -0.4 is 0 Å². The van der Waals surface area contributed by atoms with Gasteiger partial charge in [-0.1, -0.05) is 6.42 Å². The van der Waals surface area contributed by atoms with Crippen LogP contribution in [-0.4, -0.2) is 33.5 Å². The van der Waals surface area contributed by atoms with Crippen LogP contribution in [0, 0.1) is 11.8 Å². The van der Waals surface area contributed by atoms with Crippen molar-refractivity contribution in [2.45, 2.75) is 31.8 Å². The van der Waals surface area contributed by atoms with Crippen molar-refractivity contribution in [1.29, 1.82) is 0 Å². The van der Waals surface area contributed by atoms with E-state index in [2.05, 4.69) is 9.88 Å². The Kier molecular flexibility index (Phi) is 2.88. The fourth-order valence-electron chi connectivity index (χ4n) is 3.40. The minimum absolute atomic E-state index is 0.286. The van der Waals surface area contributed by atoms with Crippen LogP contribution in [0.15, 0.2) is 11.6 Å². The molecule has 1 aliphatic heterocycles. The van der Waals surface area contributed by atoms with E-state index in [-0.39, 0.29) is 6.04 Å². The lowest BCUT2D eigenvalue weighted by molar-refractivity contribution is -0.143. The van der Waals surface area contributed by atoms with E-state index in [1.807, 2.05) is 5.38 Å². The molecule has 2 heterocycles. The van der Waals surface area contributed by atoms with Crippen molar-refractivity contribution >= 4 is 17.3 Å². The van der Waals surface area contributed by atoms with E-state index in [0.717, 1.165) is 18.0 Å². The van der Waals surface area contributed by atoms with Gasteiger partial charge >= 0.3 is 5.97 Å². The summed E-state index contributed by atoms with van der Waals surface area (Å²) in [7, 11) is 0. The lowest BCUT2D eigenvalue weighted by atomic mass is 9.94. The summed E-state index contributed by atoms with van der Waals surface area (Å²) in [5.74, 6) is 0.305. The average Bonchev–Trinajstić information content (AvgIpc) is 2.92. The maximum atomic E-state index is 11.4. The Morgan fingerprint density at radius 1 is 1.59 bits per heavy atom. The van der Waals surface area contributed by atoms with Crippen LogP contribution in [0.1, 0.15) is 24.3 Å². The molecule has 1 N–H and O–H groups in total. The number of aliphatic carboxylic acids is 1. The molecule has 5 heteroatoms. The highest BCUT2D eigenvalue weighted by Gasteiger charge is 2.47. The van der Waals surface area contributed by atoms with Gasteiger partial charge in [-0.15, -0.1) is 11.3 Å². The lowest BCUT2D eigenvalue weighted by Crippen LogP contribution is -2.39. The van der Waals surface area contributed by atoms with Gasteiger partial charge in [0.15, 0.2) is 0 Å². The second-order valence-electron chi connectivity index (χ2n) is 4.99. The van der Waals surface area contributed by atoms with E-state index in [4.69, 9.17) is 0 Å². The number of hydrogen-bond donors (Lipinski definition) is 1. The minimum atomic E-state index is -0.657. The van der Waals surface area contributed by atoms with E-state index in [9.17, 15) is 9.90 Å². The first kappa shape index (κ1) is 11.2. The van der Waals surface area contributed by atoms with Crippen molar-refractivity contribution in [3.05, 3.63) is 16.6 Å². The molecule has 3 unspecified atom stereocenters. The Hall–Kier alpha value is -0.940. The third kappa shape index (κ3) is 1.98. The third-order valence-corrected chi connectivity index (χ3v) is 4.83. The van der Waals surface area contributed by atoms with E-state index in [1.54, 1.807) is 17.5 Å². The Labute approximate surface area is 104 Å². The molecule has 2 fully saturated rings. The standard InChI is InChI=1S/C12H16N2O2S/c15-12(16)11-9-3-1-2-8(9)6-14(11)7-10-13-4-5-17-10/h4-5,8-9,11H,1-3,6-7H2,(H,15,16). The molecule has 17 heavy (non-hydrogen) atoms. The van der Waals surface area contributed by atoms with Crippen LogP contribution >= 0.6 is 11.3 Å². The molecule has 92 valence electrons. The van der Waals surface area contributed by atoms with Crippen LogP contribution in [0.2, 0.25) is 0 Å². The number of fused-ring (bicyclic) bond motifs is 1. The number of thiazole rings is 1. The third-order valence-electron chi connectivity index (χ3n) is 4.06. The van der Waals surface area contributed by atoms with Gasteiger partial charge in [-0.3, -0.25) is 9.69 Å². The van der Waals surface area contributed by atoms with Crippen LogP contribution in [0.4, 0.5) is 0 Å². The maximum absolute atomic E-state index is 11.4. The number of aromatic nitrogens is 1. The van der Waals surface area contributed by atoms with E-state index >= 15 is 0 Å². The highest BCUT2D eigenvalue weighted by Crippen LogP contribution is 2.42. The largest absolute Gasteiger partial charge is 0.480 e. The second kappa shape index (κ2) is 4.38. The Morgan fingerprint density at radius 2 is 2.47 bits per heavy atom. The quantitative estimate of drug-likeness (QED) is 0.891. The summed E-state index contributed by atoms with van der Waals surface area (Å²) in [6, 6.07) is -0.286. The molecule has 1 aromatic rings. The molecule has 0 radical (unpaired) electrons. The van der Waals surface area contributed by atoms with Crippen molar-refractivity contribution < 1.29 is 9.90 Å². The van der Waals surface area contributed by atoms with Gasteiger partial charge in [0.05, 0.1) is 6.54 Å². The molecule has 1 saturated carbocycles. The summed E-state index contributed by atoms with van der Waals surface area (Å²) >= 11 is 1.61. The zero-order valence-corrected chi connectivity index (χ0v) is 10.4. The van der Waals surface area contributed by atoms with Gasteiger partial charge in [0.1, 0.15) is 11.0 Å². The number of carboxylic acids is 1. The molecule has 0 bridgehead atoms. The zero-order valence-electron chi connectivity index (χ0n) is 9.58. The molecule has 3 rings (SSSR count). The zero-order chi connectivity index (χ0) is 11.8. The number of hydrogen-bond acceptors (Lipinski definition) is 4. The highest BCUT2D eigenvalue weighted by atomic mass is 32.1. The SMILES string of the molecule is O=C(O)C1C2CCCC2CN1Cc1nccs1. The maximum Gasteiger partial charge on any atom is 0.321 e. The first-order chi connectivity index (χ1) is 8.25. The molecular formula is C12H16N2O2S. The summed E-state index contributed by atoms with van der Waals surface area (Å²) in [4.78, 5) is 17.8. The minimum Gasteiger partial charge on any atom is -0.480 e. The summed E-state index contributed by atoms with van der Waals surface area (Å²) in [6.45, 7) is 1.63. The highest BCUT2D eigenvalue weighted by molar-refractivity contribution is 7.09. The molecule has 4 nitrogen and oxygen atoms in total. The number of nitrogens with zero attached hydrogens (tertiary/aromatic N) is 2. The second-order valence-corrected chi connectivity index (χ2v) is 5.97. The monoisotopic (exact) mass is 252 g/mol. The van der Waals surface area contributed by atoms with Gasteiger partial charge in [-0.2, -0.15) is 0 Å². The normalized spacial score (nSPS) is 32.8. The summed E-state index contributed by atoms with van der Waals surface area (Å²) in [5, 5.41) is 12.4.